The van der Waals surface area contributed by atoms with Crippen LogP contribution >= 0.6 is 0 Å². The van der Waals surface area contributed by atoms with Gasteiger partial charge in [-0.05, 0) is 55.2 Å². The summed E-state index contributed by atoms with van der Waals surface area (Å²) in [6.07, 6.45) is 1.77. The van der Waals surface area contributed by atoms with E-state index in [2.05, 4.69) is 11.9 Å². The molecule has 34 heavy (non-hydrogen) atoms. The smallest absolute Gasteiger partial charge is 0.235 e. The van der Waals surface area contributed by atoms with E-state index in [9.17, 15) is 17.4 Å². The molecule has 0 unspecified atom stereocenters. The van der Waals surface area contributed by atoms with Crippen LogP contribution in [0.5, 0.6) is 5.75 Å². The topological polar surface area (TPSA) is 107 Å². The van der Waals surface area contributed by atoms with E-state index < -0.39 is 25.7 Å². The Balaban J connectivity index is 1.70. The average molecular weight is 503 g/mol. The normalized spacial score (nSPS) is 15.8. The van der Waals surface area contributed by atoms with Crippen molar-refractivity contribution in [3.8, 4) is 17.2 Å². The number of nitrogens with zero attached hydrogens (tertiary/aromatic N) is 2. The van der Waals surface area contributed by atoms with Gasteiger partial charge in [-0.15, -0.1) is 0 Å². The van der Waals surface area contributed by atoms with Gasteiger partial charge in [0.15, 0.2) is 0 Å². The lowest BCUT2D eigenvalue weighted by Gasteiger charge is -2.30. The Morgan fingerprint density at radius 2 is 1.76 bits per heavy atom. The number of likely N-dealkylation sites (tertiary alicyclic amines) is 1. The van der Waals surface area contributed by atoms with E-state index in [1.54, 1.807) is 47.4 Å². The molecule has 180 valence electrons. The fourth-order valence-corrected chi connectivity index (χ4v) is 6.46. The monoisotopic (exact) mass is 502 g/mol. The molecule has 0 spiro atoms. The quantitative estimate of drug-likeness (QED) is 0.486. The van der Waals surface area contributed by atoms with Crippen molar-refractivity contribution in [3.63, 3.8) is 0 Å². The molecule has 0 aliphatic carbocycles. The van der Waals surface area contributed by atoms with Crippen molar-refractivity contribution in [1.82, 2.24) is 9.88 Å². The largest absolute Gasteiger partial charge is 0.497 e. The number of hydrogen-bond donors (Lipinski definition) is 0. The maximum Gasteiger partial charge on any atom is 0.235 e. The predicted octanol–water partition coefficient (Wildman–Crippen LogP) is 3.55. The highest BCUT2D eigenvalue weighted by atomic mass is 32.2. The van der Waals surface area contributed by atoms with Gasteiger partial charge in [0.1, 0.15) is 22.3 Å². The first-order valence-corrected chi connectivity index (χ1v) is 13.7. The molecule has 10 heteroatoms. The number of carbonyl (C=O) groups excluding carboxylic acids is 1. The van der Waals surface area contributed by atoms with Crippen molar-refractivity contribution in [2.75, 3.05) is 26.0 Å². The molecule has 4 rings (SSSR count). The second kappa shape index (κ2) is 10.1. The van der Waals surface area contributed by atoms with Gasteiger partial charge in [0.2, 0.25) is 31.8 Å². The molecule has 0 radical (unpaired) electrons. The molecule has 8 nitrogen and oxygen atoms in total. The number of piperidine rings is 1. The lowest BCUT2D eigenvalue weighted by Crippen LogP contribution is -2.40. The molecule has 1 aliphatic rings. The van der Waals surface area contributed by atoms with Crippen molar-refractivity contribution in [2.45, 2.75) is 34.8 Å². The van der Waals surface area contributed by atoms with Crippen LogP contribution in [0.3, 0.4) is 0 Å². The number of benzene rings is 2. The second-order valence-corrected chi connectivity index (χ2v) is 11.4. The Hall–Kier alpha value is -2.98. The zero-order valence-corrected chi connectivity index (χ0v) is 20.6. The highest BCUT2D eigenvalue weighted by Gasteiger charge is 2.33. The third kappa shape index (κ3) is 5.07. The average Bonchev–Trinajstić information content (AvgIpc) is 3.32. The number of carbonyl (C=O) groups is 1. The van der Waals surface area contributed by atoms with Gasteiger partial charge >= 0.3 is 0 Å². The third-order valence-corrected chi connectivity index (χ3v) is 8.82. The Morgan fingerprint density at radius 3 is 2.38 bits per heavy atom. The molecule has 0 saturated carbocycles. The third-order valence-electron chi connectivity index (χ3n) is 5.81. The van der Waals surface area contributed by atoms with E-state index in [-0.39, 0.29) is 27.5 Å². The number of rotatable bonds is 7. The summed E-state index contributed by atoms with van der Waals surface area (Å²) in [5.74, 6) is 0.481. The van der Waals surface area contributed by atoms with E-state index in [4.69, 9.17) is 9.15 Å². The van der Waals surface area contributed by atoms with Crippen molar-refractivity contribution < 1.29 is 26.6 Å². The van der Waals surface area contributed by atoms with Crippen molar-refractivity contribution in [2.24, 2.45) is 5.92 Å². The van der Waals surface area contributed by atoms with Gasteiger partial charge in [-0.3, -0.25) is 9.00 Å². The van der Waals surface area contributed by atoms with E-state index in [1.807, 2.05) is 0 Å². The standard InChI is InChI=1S/C24H26N2O6S2/c1-17-12-14-26(15-13-17)21(27)16-33(28)24-23(34(29,30)20-6-4-3-5-7-20)25-22(32-24)18-8-10-19(31-2)11-9-18/h3-11,17H,12-16H2,1-2H3/t33-/m0/s1. The summed E-state index contributed by atoms with van der Waals surface area (Å²) in [5, 5.41) is -0.767. The highest BCUT2D eigenvalue weighted by molar-refractivity contribution is 7.92. The lowest BCUT2D eigenvalue weighted by molar-refractivity contribution is -0.129. The van der Waals surface area contributed by atoms with Crippen molar-refractivity contribution in [1.29, 1.82) is 0 Å². The van der Waals surface area contributed by atoms with Crippen LogP contribution in [0.2, 0.25) is 0 Å². The van der Waals surface area contributed by atoms with Gasteiger partial charge < -0.3 is 14.1 Å². The first-order chi connectivity index (χ1) is 16.3. The van der Waals surface area contributed by atoms with Gasteiger partial charge in [0, 0.05) is 18.7 Å². The summed E-state index contributed by atoms with van der Waals surface area (Å²) in [6.45, 7) is 3.33. The van der Waals surface area contributed by atoms with Crippen LogP contribution in [0, 0.1) is 5.92 Å². The summed E-state index contributed by atoms with van der Waals surface area (Å²) in [4.78, 5) is 18.7. The van der Waals surface area contributed by atoms with E-state index in [1.165, 1.54) is 19.2 Å². The van der Waals surface area contributed by atoms with Crippen LogP contribution in [-0.4, -0.2) is 54.4 Å². The Kier molecular flexibility index (Phi) is 7.18. The summed E-state index contributed by atoms with van der Waals surface area (Å²) >= 11 is 0. The zero-order valence-electron chi connectivity index (χ0n) is 19.0. The molecule has 2 heterocycles. The number of hydrogen-bond acceptors (Lipinski definition) is 7. The minimum absolute atomic E-state index is 0.000226. The number of oxazole rings is 1. The Morgan fingerprint density at radius 1 is 1.12 bits per heavy atom. The summed E-state index contributed by atoms with van der Waals surface area (Å²) < 4.78 is 50.9. The summed E-state index contributed by atoms with van der Waals surface area (Å²) in [6, 6.07) is 14.4. The van der Waals surface area contributed by atoms with E-state index in [0.29, 0.717) is 30.3 Å². The van der Waals surface area contributed by atoms with Gasteiger partial charge in [-0.2, -0.15) is 4.98 Å². The predicted molar refractivity (Wildman–Crippen MR) is 127 cm³/mol. The maximum atomic E-state index is 13.4. The molecular formula is C24H26N2O6S2. The lowest BCUT2D eigenvalue weighted by atomic mass is 9.99. The minimum Gasteiger partial charge on any atom is -0.497 e. The fourth-order valence-electron chi connectivity index (χ4n) is 3.70. The molecule has 1 fully saturated rings. The molecule has 1 amide bonds. The zero-order chi connectivity index (χ0) is 24.3. The molecule has 0 N–H and O–H groups in total. The highest BCUT2D eigenvalue weighted by Crippen LogP contribution is 2.32. The molecule has 1 atom stereocenters. The Labute approximate surface area is 201 Å². The van der Waals surface area contributed by atoms with Crippen molar-refractivity contribution >= 4 is 26.5 Å². The number of ether oxygens (including phenoxy) is 1. The number of amides is 1. The summed E-state index contributed by atoms with van der Waals surface area (Å²) in [5.41, 5.74) is 0.491. The van der Waals surface area contributed by atoms with Crippen LogP contribution in [0.1, 0.15) is 19.8 Å². The van der Waals surface area contributed by atoms with E-state index >= 15 is 0 Å². The molecule has 2 aromatic carbocycles. The number of sulfone groups is 1. The molecule has 1 aromatic heterocycles. The second-order valence-electron chi connectivity index (χ2n) is 8.21. The molecular weight excluding hydrogens is 476 g/mol. The van der Waals surface area contributed by atoms with Gasteiger partial charge in [0.25, 0.3) is 0 Å². The van der Waals surface area contributed by atoms with E-state index in [0.717, 1.165) is 12.8 Å². The van der Waals surface area contributed by atoms with Crippen LogP contribution < -0.4 is 4.74 Å². The summed E-state index contributed by atoms with van der Waals surface area (Å²) in [7, 11) is -4.64. The van der Waals surface area contributed by atoms with Crippen LogP contribution in [-0.2, 0) is 25.4 Å². The first-order valence-electron chi connectivity index (χ1n) is 10.9. The Bertz CT molecular complexity index is 1280. The SMILES string of the molecule is COc1ccc(-c2nc(S(=O)(=O)c3ccccc3)c([S@@](=O)CC(=O)N3CCC(C)CC3)o2)cc1. The number of methoxy groups -OCH3 is 1. The van der Waals surface area contributed by atoms with Gasteiger partial charge in [0.05, 0.1) is 12.0 Å². The van der Waals surface area contributed by atoms with Crippen molar-refractivity contribution in [3.05, 3.63) is 54.6 Å². The van der Waals surface area contributed by atoms with Gasteiger partial charge in [-0.1, -0.05) is 25.1 Å². The van der Waals surface area contributed by atoms with Crippen LogP contribution in [0.25, 0.3) is 11.5 Å². The van der Waals surface area contributed by atoms with Crippen LogP contribution in [0.15, 0.2) is 74.0 Å². The minimum atomic E-state index is -4.13. The maximum absolute atomic E-state index is 13.4. The van der Waals surface area contributed by atoms with Crippen LogP contribution in [0.4, 0.5) is 0 Å². The molecule has 3 aromatic rings. The number of aromatic nitrogens is 1. The first kappa shape index (κ1) is 24.2. The molecule has 1 aliphatic heterocycles. The fraction of sp³-hybridized carbons (Fsp3) is 0.333. The van der Waals surface area contributed by atoms with Gasteiger partial charge in [-0.25, -0.2) is 8.42 Å². The molecule has 1 saturated heterocycles. The molecule has 0 bridgehead atoms.